The van der Waals surface area contributed by atoms with Gasteiger partial charge < -0.3 is 14.4 Å². The lowest BCUT2D eigenvalue weighted by Gasteiger charge is -2.28. The zero-order valence-corrected chi connectivity index (χ0v) is 13.7. The predicted octanol–water partition coefficient (Wildman–Crippen LogP) is -1.04. The van der Waals surface area contributed by atoms with Crippen LogP contribution in [0.1, 0.15) is 26.7 Å². The Labute approximate surface area is 139 Å². The number of esters is 1. The zero-order valence-electron chi connectivity index (χ0n) is 13.7. The minimum Gasteiger partial charge on any atom is -0.463 e. The van der Waals surface area contributed by atoms with Crippen molar-refractivity contribution in [2.75, 3.05) is 19.9 Å². The topological polar surface area (TPSA) is 122 Å². The molecule has 2 aliphatic heterocycles. The van der Waals surface area contributed by atoms with Crippen LogP contribution >= 0.6 is 0 Å². The number of hydrogen-bond donors (Lipinski definition) is 2. The molecule has 2 amide bonds. The van der Waals surface area contributed by atoms with E-state index in [2.05, 4.69) is 20.6 Å². The van der Waals surface area contributed by atoms with Crippen molar-refractivity contribution in [2.45, 2.75) is 38.9 Å². The van der Waals surface area contributed by atoms with E-state index in [4.69, 9.17) is 9.47 Å². The van der Waals surface area contributed by atoms with E-state index >= 15 is 0 Å². The van der Waals surface area contributed by atoms with Crippen molar-refractivity contribution in [2.24, 2.45) is 9.98 Å². The standard InChI is InChI=1S/C14H21N5O5/c1-3-9(20)16-14-17-12-11(13(22)18-14)15-7-19(12)8-23-5-6-24-10(21)4-2/h7,11-12H,3-6,8H2,1-2H3,(H2,16,17,18,20,22). The van der Waals surface area contributed by atoms with Crippen LogP contribution in [0.3, 0.4) is 0 Å². The first kappa shape index (κ1) is 17.9. The fourth-order valence-corrected chi connectivity index (χ4v) is 2.07. The Morgan fingerprint density at radius 1 is 1.33 bits per heavy atom. The summed E-state index contributed by atoms with van der Waals surface area (Å²) in [6.07, 6.45) is 1.52. The van der Waals surface area contributed by atoms with Gasteiger partial charge in [0.1, 0.15) is 13.3 Å². The van der Waals surface area contributed by atoms with Crippen LogP contribution in [0.15, 0.2) is 9.98 Å². The van der Waals surface area contributed by atoms with Gasteiger partial charge in [0.2, 0.25) is 11.9 Å². The largest absolute Gasteiger partial charge is 0.463 e. The SMILES string of the molecule is CCC(=O)NC1=NC2C(N=CN2COCCOC(=O)CC)C(=O)N1. The maximum atomic E-state index is 12.0. The molecule has 2 heterocycles. The van der Waals surface area contributed by atoms with Gasteiger partial charge in [0.25, 0.3) is 5.91 Å². The molecule has 0 saturated carbocycles. The zero-order chi connectivity index (χ0) is 17.5. The van der Waals surface area contributed by atoms with Gasteiger partial charge in [-0.3, -0.25) is 30.0 Å². The van der Waals surface area contributed by atoms with Crippen molar-refractivity contribution in [1.29, 1.82) is 0 Å². The molecule has 2 rings (SSSR count). The Morgan fingerprint density at radius 2 is 2.12 bits per heavy atom. The molecule has 24 heavy (non-hydrogen) atoms. The minimum atomic E-state index is -0.672. The second-order valence-corrected chi connectivity index (χ2v) is 5.12. The monoisotopic (exact) mass is 339 g/mol. The quantitative estimate of drug-likeness (QED) is 0.451. The average Bonchev–Trinajstić information content (AvgIpc) is 2.97. The van der Waals surface area contributed by atoms with Crippen LogP contribution in [0, 0.1) is 0 Å². The fraction of sp³-hybridized carbons (Fsp3) is 0.643. The first-order valence-corrected chi connectivity index (χ1v) is 7.76. The molecular formula is C14H21N5O5. The summed E-state index contributed by atoms with van der Waals surface area (Å²) in [6, 6.07) is -0.672. The highest BCUT2D eigenvalue weighted by atomic mass is 16.6. The number of nitrogens with zero attached hydrogens (tertiary/aromatic N) is 3. The molecule has 0 radical (unpaired) electrons. The Hall–Kier alpha value is -2.49. The third-order valence-corrected chi connectivity index (χ3v) is 3.37. The van der Waals surface area contributed by atoms with Gasteiger partial charge >= 0.3 is 5.97 Å². The van der Waals surface area contributed by atoms with Crippen molar-refractivity contribution in [1.82, 2.24) is 15.5 Å². The summed E-state index contributed by atoms with van der Waals surface area (Å²) in [7, 11) is 0. The van der Waals surface area contributed by atoms with E-state index < -0.39 is 12.2 Å². The number of carbonyl (C=O) groups is 3. The molecule has 2 aliphatic rings. The van der Waals surface area contributed by atoms with Gasteiger partial charge in [-0.05, 0) is 0 Å². The lowest BCUT2D eigenvalue weighted by molar-refractivity contribution is -0.145. The van der Waals surface area contributed by atoms with E-state index in [1.165, 1.54) is 6.34 Å². The highest BCUT2D eigenvalue weighted by Gasteiger charge is 2.40. The van der Waals surface area contributed by atoms with Crippen LogP contribution in [-0.4, -0.2) is 67.1 Å². The number of amides is 2. The van der Waals surface area contributed by atoms with E-state index in [1.807, 2.05) is 0 Å². The number of fused-ring (bicyclic) bond motifs is 1. The van der Waals surface area contributed by atoms with E-state index in [9.17, 15) is 14.4 Å². The molecule has 2 unspecified atom stereocenters. The van der Waals surface area contributed by atoms with Crippen molar-refractivity contribution < 1.29 is 23.9 Å². The Morgan fingerprint density at radius 3 is 2.83 bits per heavy atom. The number of nitrogens with one attached hydrogen (secondary N) is 2. The summed E-state index contributed by atoms with van der Waals surface area (Å²) >= 11 is 0. The van der Waals surface area contributed by atoms with Crippen molar-refractivity contribution >= 4 is 30.1 Å². The molecule has 0 aliphatic carbocycles. The molecule has 0 spiro atoms. The van der Waals surface area contributed by atoms with Crippen LogP contribution in [0.4, 0.5) is 0 Å². The second kappa shape index (κ2) is 8.39. The number of rotatable bonds is 7. The molecule has 0 saturated heterocycles. The Bertz CT molecular complexity index is 562. The van der Waals surface area contributed by atoms with Gasteiger partial charge in [-0.1, -0.05) is 13.8 Å². The first-order valence-electron chi connectivity index (χ1n) is 7.76. The lowest BCUT2D eigenvalue weighted by atomic mass is 10.2. The van der Waals surface area contributed by atoms with Crippen molar-refractivity contribution in [3.05, 3.63) is 0 Å². The Balaban J connectivity index is 1.85. The molecule has 2 N–H and O–H groups in total. The molecule has 10 nitrogen and oxygen atoms in total. The third-order valence-electron chi connectivity index (χ3n) is 3.37. The summed E-state index contributed by atoms with van der Waals surface area (Å²) in [5, 5.41) is 5.04. The maximum absolute atomic E-state index is 12.0. The Kier molecular flexibility index (Phi) is 6.24. The lowest BCUT2D eigenvalue weighted by Crippen LogP contribution is -2.56. The van der Waals surface area contributed by atoms with Crippen molar-refractivity contribution in [3.8, 4) is 0 Å². The second-order valence-electron chi connectivity index (χ2n) is 5.12. The van der Waals surface area contributed by atoms with Crippen LogP contribution in [0.25, 0.3) is 0 Å². The smallest absolute Gasteiger partial charge is 0.305 e. The fourth-order valence-electron chi connectivity index (χ4n) is 2.07. The van der Waals surface area contributed by atoms with Crippen molar-refractivity contribution in [3.63, 3.8) is 0 Å². The van der Waals surface area contributed by atoms with Crippen LogP contribution in [-0.2, 0) is 23.9 Å². The summed E-state index contributed by atoms with van der Waals surface area (Å²) in [5.74, 6) is -0.754. The molecule has 10 heteroatoms. The van der Waals surface area contributed by atoms with Crippen LogP contribution in [0.2, 0.25) is 0 Å². The highest BCUT2D eigenvalue weighted by Crippen LogP contribution is 2.18. The van der Waals surface area contributed by atoms with Gasteiger partial charge in [0.05, 0.1) is 12.9 Å². The van der Waals surface area contributed by atoms with Crippen LogP contribution < -0.4 is 10.6 Å². The normalized spacial score (nSPS) is 21.8. The number of ether oxygens (including phenoxy) is 2. The van der Waals surface area contributed by atoms with E-state index in [0.717, 1.165) is 0 Å². The van der Waals surface area contributed by atoms with Gasteiger partial charge in [-0.25, -0.2) is 4.99 Å². The van der Waals surface area contributed by atoms with E-state index in [1.54, 1.807) is 18.7 Å². The first-order chi connectivity index (χ1) is 11.5. The molecule has 0 aromatic heterocycles. The van der Waals surface area contributed by atoms with Gasteiger partial charge in [-0.2, -0.15) is 0 Å². The molecule has 2 atom stereocenters. The molecule has 132 valence electrons. The van der Waals surface area contributed by atoms with E-state index in [-0.39, 0.29) is 50.1 Å². The number of hydrogen-bond acceptors (Lipinski definition) is 8. The minimum absolute atomic E-state index is 0.112. The van der Waals surface area contributed by atoms with E-state index in [0.29, 0.717) is 6.42 Å². The number of carbonyl (C=O) groups excluding carboxylic acids is 3. The molecular weight excluding hydrogens is 318 g/mol. The number of guanidine groups is 1. The number of aliphatic imine (C=N–C) groups is 2. The molecule has 0 bridgehead atoms. The van der Waals surface area contributed by atoms with Gasteiger partial charge in [0.15, 0.2) is 12.2 Å². The van der Waals surface area contributed by atoms with Crippen LogP contribution in [0.5, 0.6) is 0 Å². The summed E-state index contributed by atoms with van der Waals surface area (Å²) in [5.41, 5.74) is 0. The third kappa shape index (κ3) is 4.51. The highest BCUT2D eigenvalue weighted by molar-refractivity contribution is 6.08. The average molecular weight is 339 g/mol. The molecule has 0 aromatic carbocycles. The maximum Gasteiger partial charge on any atom is 0.305 e. The molecule has 0 aromatic rings. The van der Waals surface area contributed by atoms with Gasteiger partial charge in [-0.15, -0.1) is 0 Å². The summed E-state index contributed by atoms with van der Waals surface area (Å²) in [4.78, 5) is 44.5. The predicted molar refractivity (Wildman–Crippen MR) is 84.0 cm³/mol. The summed E-state index contributed by atoms with van der Waals surface area (Å²) < 4.78 is 10.3. The molecule has 0 fully saturated rings. The van der Waals surface area contributed by atoms with Gasteiger partial charge in [0, 0.05) is 12.8 Å². The summed E-state index contributed by atoms with van der Waals surface area (Å²) in [6.45, 7) is 3.94.